The summed E-state index contributed by atoms with van der Waals surface area (Å²) in [6, 6.07) is 5.02. The number of anilines is 2. The van der Waals surface area contributed by atoms with E-state index in [9.17, 15) is 4.79 Å². The van der Waals surface area contributed by atoms with Gasteiger partial charge in [-0.25, -0.2) is 4.79 Å². The van der Waals surface area contributed by atoms with Crippen molar-refractivity contribution in [3.05, 3.63) is 45.7 Å². The van der Waals surface area contributed by atoms with Gasteiger partial charge < -0.3 is 10.4 Å². The largest absolute Gasteiger partial charge is 0.476 e. The Morgan fingerprint density at radius 3 is 2.68 bits per heavy atom. The van der Waals surface area contributed by atoms with Gasteiger partial charge in [-0.1, -0.05) is 23.2 Å². The van der Waals surface area contributed by atoms with Crippen LogP contribution in [0.2, 0.25) is 10.0 Å². The smallest absolute Gasteiger partial charge is 0.356 e. The van der Waals surface area contributed by atoms with Gasteiger partial charge in [0.15, 0.2) is 5.69 Å². The number of carboxylic acid groups (broad SMARTS) is 1. The summed E-state index contributed by atoms with van der Waals surface area (Å²) in [6.45, 7) is 1.65. The highest BCUT2D eigenvalue weighted by atomic mass is 35.5. The molecule has 0 atom stereocenters. The van der Waals surface area contributed by atoms with Crippen LogP contribution < -0.4 is 5.32 Å². The van der Waals surface area contributed by atoms with Crippen molar-refractivity contribution in [3.63, 3.8) is 0 Å². The van der Waals surface area contributed by atoms with Crippen LogP contribution in [0.5, 0.6) is 0 Å². The van der Waals surface area contributed by atoms with Gasteiger partial charge in [0.2, 0.25) is 0 Å². The summed E-state index contributed by atoms with van der Waals surface area (Å²) in [4.78, 5) is 11.0. The van der Waals surface area contributed by atoms with E-state index >= 15 is 0 Å². The zero-order valence-corrected chi connectivity index (χ0v) is 11.3. The van der Waals surface area contributed by atoms with Crippen molar-refractivity contribution in [2.75, 3.05) is 5.32 Å². The van der Waals surface area contributed by atoms with Crippen LogP contribution in [-0.2, 0) is 0 Å². The number of halogens is 2. The number of benzene rings is 1. The van der Waals surface area contributed by atoms with Crippen molar-refractivity contribution in [1.29, 1.82) is 0 Å². The molecule has 0 saturated heterocycles. The first kappa shape index (κ1) is 13.6. The quantitative estimate of drug-likeness (QED) is 0.906. The third-order valence-electron chi connectivity index (χ3n) is 2.50. The van der Waals surface area contributed by atoms with Crippen molar-refractivity contribution in [2.24, 2.45) is 0 Å². The maximum atomic E-state index is 11.0. The molecular formula is C12H9Cl2N3O2. The van der Waals surface area contributed by atoms with Crippen molar-refractivity contribution < 1.29 is 9.90 Å². The molecule has 0 aliphatic rings. The Labute approximate surface area is 119 Å². The molecule has 19 heavy (non-hydrogen) atoms. The maximum absolute atomic E-state index is 11.0. The SMILES string of the molecule is Cc1c(Nc2ccc(Cl)c(Cl)c2)cnnc1C(=O)O. The monoisotopic (exact) mass is 297 g/mol. The van der Waals surface area contributed by atoms with Crippen LogP contribution in [0.25, 0.3) is 0 Å². The molecule has 2 N–H and O–H groups in total. The van der Waals surface area contributed by atoms with Gasteiger partial charge in [0, 0.05) is 11.3 Å². The fraction of sp³-hybridized carbons (Fsp3) is 0.0833. The molecular weight excluding hydrogens is 289 g/mol. The molecule has 2 rings (SSSR count). The fourth-order valence-corrected chi connectivity index (χ4v) is 1.80. The van der Waals surface area contributed by atoms with E-state index in [1.54, 1.807) is 25.1 Å². The van der Waals surface area contributed by atoms with E-state index in [1.807, 2.05) is 0 Å². The second-order valence-electron chi connectivity index (χ2n) is 3.79. The van der Waals surface area contributed by atoms with Gasteiger partial charge in [-0.05, 0) is 25.1 Å². The molecule has 1 aromatic heterocycles. The average molecular weight is 298 g/mol. The molecule has 0 saturated carbocycles. The molecule has 0 spiro atoms. The van der Waals surface area contributed by atoms with Crippen LogP contribution in [0, 0.1) is 6.92 Å². The lowest BCUT2D eigenvalue weighted by molar-refractivity contribution is 0.0688. The molecule has 2 aromatic rings. The molecule has 0 fully saturated rings. The lowest BCUT2D eigenvalue weighted by atomic mass is 10.2. The summed E-state index contributed by atoms with van der Waals surface area (Å²) in [5.74, 6) is -1.12. The Balaban J connectivity index is 2.35. The Kier molecular flexibility index (Phi) is 3.87. The van der Waals surface area contributed by atoms with Crippen LogP contribution in [0.1, 0.15) is 16.1 Å². The van der Waals surface area contributed by atoms with E-state index in [2.05, 4.69) is 15.5 Å². The molecule has 1 aromatic carbocycles. The van der Waals surface area contributed by atoms with Crippen molar-refractivity contribution in [1.82, 2.24) is 10.2 Å². The molecule has 7 heteroatoms. The number of hydrogen-bond donors (Lipinski definition) is 2. The van der Waals surface area contributed by atoms with E-state index in [0.717, 1.165) is 0 Å². The van der Waals surface area contributed by atoms with Crippen molar-refractivity contribution in [2.45, 2.75) is 6.92 Å². The van der Waals surface area contributed by atoms with E-state index in [1.165, 1.54) is 6.20 Å². The molecule has 0 aliphatic carbocycles. The third-order valence-corrected chi connectivity index (χ3v) is 3.24. The van der Waals surface area contributed by atoms with Gasteiger partial charge in [0.05, 0.1) is 21.9 Å². The summed E-state index contributed by atoms with van der Waals surface area (Å²) in [5.41, 5.74) is 1.63. The van der Waals surface area contributed by atoms with E-state index in [4.69, 9.17) is 28.3 Å². The molecule has 1 heterocycles. The van der Waals surface area contributed by atoms with E-state index < -0.39 is 5.97 Å². The second-order valence-corrected chi connectivity index (χ2v) is 4.61. The topological polar surface area (TPSA) is 75.1 Å². The minimum Gasteiger partial charge on any atom is -0.476 e. The van der Waals surface area contributed by atoms with Gasteiger partial charge >= 0.3 is 5.97 Å². The summed E-state index contributed by atoms with van der Waals surface area (Å²) < 4.78 is 0. The van der Waals surface area contributed by atoms with Crippen LogP contribution in [-0.4, -0.2) is 21.3 Å². The minimum atomic E-state index is -1.12. The predicted molar refractivity (Wildman–Crippen MR) is 73.5 cm³/mol. The average Bonchev–Trinajstić information content (AvgIpc) is 2.36. The normalized spacial score (nSPS) is 10.3. The highest BCUT2D eigenvalue weighted by molar-refractivity contribution is 6.42. The molecule has 0 bridgehead atoms. The first-order valence-corrected chi connectivity index (χ1v) is 6.02. The number of carbonyl (C=O) groups is 1. The zero-order valence-electron chi connectivity index (χ0n) is 9.82. The second kappa shape index (κ2) is 5.42. The molecule has 5 nitrogen and oxygen atoms in total. The van der Waals surface area contributed by atoms with Crippen molar-refractivity contribution in [3.8, 4) is 0 Å². The molecule has 0 amide bonds. The Morgan fingerprint density at radius 2 is 2.05 bits per heavy atom. The van der Waals surface area contributed by atoms with E-state index in [0.29, 0.717) is 27.0 Å². The first-order chi connectivity index (χ1) is 8.99. The molecule has 0 aliphatic heterocycles. The van der Waals surface area contributed by atoms with Gasteiger partial charge in [0.25, 0.3) is 0 Å². The van der Waals surface area contributed by atoms with Crippen LogP contribution in [0.4, 0.5) is 11.4 Å². The Bertz CT molecular complexity index is 647. The van der Waals surface area contributed by atoms with Gasteiger partial charge in [-0.15, -0.1) is 5.10 Å². The lowest BCUT2D eigenvalue weighted by Gasteiger charge is -2.10. The minimum absolute atomic E-state index is 0.0925. The number of carboxylic acids is 1. The fourth-order valence-electron chi connectivity index (χ4n) is 1.50. The van der Waals surface area contributed by atoms with Crippen LogP contribution in [0.15, 0.2) is 24.4 Å². The standard InChI is InChI=1S/C12H9Cl2N3O2/c1-6-10(5-15-17-11(6)12(18)19)16-7-2-3-8(13)9(14)4-7/h2-5H,1H3,(H,16,17)(H,18,19). The maximum Gasteiger partial charge on any atom is 0.356 e. The Hall–Kier alpha value is -1.85. The molecule has 0 radical (unpaired) electrons. The highest BCUT2D eigenvalue weighted by Crippen LogP contribution is 2.28. The number of aromatic nitrogens is 2. The van der Waals surface area contributed by atoms with Gasteiger partial charge in [-0.3, -0.25) is 0 Å². The number of rotatable bonds is 3. The predicted octanol–water partition coefficient (Wildman–Crippen LogP) is 3.53. The molecule has 98 valence electrons. The number of aromatic carboxylic acids is 1. The summed E-state index contributed by atoms with van der Waals surface area (Å²) in [5, 5.41) is 20.1. The van der Waals surface area contributed by atoms with Crippen LogP contribution in [0.3, 0.4) is 0 Å². The van der Waals surface area contributed by atoms with Crippen molar-refractivity contribution >= 4 is 40.5 Å². The lowest BCUT2D eigenvalue weighted by Crippen LogP contribution is -2.07. The summed E-state index contributed by atoms with van der Waals surface area (Å²) in [7, 11) is 0. The molecule has 0 unspecified atom stereocenters. The van der Waals surface area contributed by atoms with E-state index in [-0.39, 0.29) is 5.69 Å². The van der Waals surface area contributed by atoms with Gasteiger partial charge in [-0.2, -0.15) is 5.10 Å². The van der Waals surface area contributed by atoms with Crippen LogP contribution >= 0.6 is 23.2 Å². The third kappa shape index (κ3) is 2.94. The number of nitrogens with zero attached hydrogens (tertiary/aromatic N) is 2. The number of hydrogen-bond acceptors (Lipinski definition) is 4. The number of nitrogens with one attached hydrogen (secondary N) is 1. The Morgan fingerprint density at radius 1 is 1.32 bits per heavy atom. The highest BCUT2D eigenvalue weighted by Gasteiger charge is 2.13. The van der Waals surface area contributed by atoms with Gasteiger partial charge in [0.1, 0.15) is 0 Å². The zero-order chi connectivity index (χ0) is 14.0. The first-order valence-electron chi connectivity index (χ1n) is 5.26. The summed E-state index contributed by atoms with van der Waals surface area (Å²) in [6.07, 6.45) is 1.45. The summed E-state index contributed by atoms with van der Waals surface area (Å²) >= 11 is 11.7.